The van der Waals surface area contributed by atoms with Crippen molar-refractivity contribution in [3.8, 4) is 0 Å². The van der Waals surface area contributed by atoms with Crippen molar-refractivity contribution in [1.82, 2.24) is 25.8 Å². The zero-order valence-electron chi connectivity index (χ0n) is 27.5. The Hall–Kier alpha value is -4.16. The van der Waals surface area contributed by atoms with Crippen molar-refractivity contribution >= 4 is 58.3 Å². The Balaban J connectivity index is 1.15. The standard InChI is InChI=1S/C35H39Cl2N7O5/c1-17(2)27-16-44(34(48)40-27)35(33(47)39-26-11-9-23(36)13-25(26)37)14-21-8-10-24(12-22(21)15-35)38-32(46)30(28(19-4-5-19)20-6-7-20)41-31(45)29-18(3)42-49-43-29/h8-13,17,19-20,27-28,30H,4-7,14-16H2,1-3H3,(H,38,46)(H,39,47)(H,40,48)(H,41,45)/t27-,30-,35?/m0/s1. The minimum atomic E-state index is -1.25. The van der Waals surface area contributed by atoms with Crippen LogP contribution in [0.5, 0.6) is 0 Å². The molecule has 2 aromatic carbocycles. The van der Waals surface area contributed by atoms with Crippen LogP contribution in [0.2, 0.25) is 10.0 Å². The van der Waals surface area contributed by atoms with Gasteiger partial charge >= 0.3 is 6.03 Å². The predicted octanol–water partition coefficient (Wildman–Crippen LogP) is 5.38. The number of anilines is 2. The van der Waals surface area contributed by atoms with Crippen molar-refractivity contribution in [3.05, 3.63) is 69.0 Å². The van der Waals surface area contributed by atoms with Gasteiger partial charge in [-0.3, -0.25) is 14.4 Å². The summed E-state index contributed by atoms with van der Waals surface area (Å²) in [7, 11) is 0. The van der Waals surface area contributed by atoms with Crippen molar-refractivity contribution in [2.45, 2.75) is 76.9 Å². The molecule has 258 valence electrons. The third-order valence-electron chi connectivity index (χ3n) is 10.5. The van der Waals surface area contributed by atoms with E-state index in [1.165, 1.54) is 0 Å². The van der Waals surface area contributed by atoms with E-state index >= 15 is 0 Å². The first-order valence-corrected chi connectivity index (χ1v) is 17.6. The second kappa shape index (κ2) is 12.9. The monoisotopic (exact) mass is 707 g/mol. The largest absolute Gasteiger partial charge is 0.338 e. The normalized spacial score (nSPS) is 22.2. The number of aromatic nitrogens is 2. The zero-order chi connectivity index (χ0) is 34.6. The first kappa shape index (κ1) is 33.3. The quantitative estimate of drug-likeness (QED) is 0.208. The molecule has 3 atom stereocenters. The van der Waals surface area contributed by atoms with Crippen LogP contribution in [0.25, 0.3) is 0 Å². The summed E-state index contributed by atoms with van der Waals surface area (Å²) in [5, 5.41) is 20.2. The number of halogens is 2. The van der Waals surface area contributed by atoms with Crippen molar-refractivity contribution in [3.63, 3.8) is 0 Å². The molecule has 4 aliphatic rings. The summed E-state index contributed by atoms with van der Waals surface area (Å²) in [6.45, 7) is 6.05. The van der Waals surface area contributed by atoms with E-state index in [4.69, 9.17) is 27.8 Å². The molecule has 49 heavy (non-hydrogen) atoms. The number of aryl methyl sites for hydroxylation is 1. The highest BCUT2D eigenvalue weighted by Gasteiger charge is 2.54. The van der Waals surface area contributed by atoms with Gasteiger partial charge in [0.1, 0.15) is 17.3 Å². The van der Waals surface area contributed by atoms with E-state index in [-0.39, 0.29) is 59.3 Å². The molecular weight excluding hydrogens is 669 g/mol. The molecule has 14 heteroatoms. The number of rotatable bonds is 11. The number of hydrogen-bond donors (Lipinski definition) is 4. The van der Waals surface area contributed by atoms with E-state index in [0.717, 1.165) is 36.8 Å². The molecule has 12 nitrogen and oxygen atoms in total. The number of fused-ring (bicyclic) bond motifs is 1. The molecule has 4 N–H and O–H groups in total. The van der Waals surface area contributed by atoms with Crippen molar-refractivity contribution in [2.24, 2.45) is 23.7 Å². The second-order valence-electron chi connectivity index (χ2n) is 14.2. The maximum atomic E-state index is 14.3. The summed E-state index contributed by atoms with van der Waals surface area (Å²) in [6, 6.07) is 9.19. The smallest absolute Gasteiger partial charge is 0.318 e. The van der Waals surface area contributed by atoms with E-state index in [1.54, 1.807) is 36.1 Å². The number of carbonyl (C=O) groups excluding carboxylic acids is 4. The van der Waals surface area contributed by atoms with Gasteiger partial charge < -0.3 is 26.2 Å². The minimum absolute atomic E-state index is 0.0113. The SMILES string of the molecule is Cc1nonc1C(=O)N[C@H](C(=O)Nc1ccc2c(c1)CC(C(=O)Nc1ccc(Cl)cc1Cl)(N1C[C@@H](C(C)C)NC1=O)C2)C(C1CC1)C1CC1. The van der Waals surface area contributed by atoms with Crippen LogP contribution in [0, 0.1) is 30.6 Å². The lowest BCUT2D eigenvalue weighted by Crippen LogP contribution is -2.59. The van der Waals surface area contributed by atoms with Gasteiger partial charge in [0.2, 0.25) is 5.91 Å². The number of urea groups is 1. The van der Waals surface area contributed by atoms with Gasteiger partial charge in [-0.1, -0.05) is 48.3 Å². The Bertz CT molecular complexity index is 1810. The molecule has 0 spiro atoms. The van der Waals surface area contributed by atoms with E-state index in [2.05, 4.69) is 31.6 Å². The molecule has 7 rings (SSSR count). The Labute approximate surface area is 294 Å². The zero-order valence-corrected chi connectivity index (χ0v) is 29.0. The molecule has 3 aromatic rings. The first-order chi connectivity index (χ1) is 23.4. The van der Waals surface area contributed by atoms with Crippen LogP contribution >= 0.6 is 23.2 Å². The Kier molecular flexibility index (Phi) is 8.81. The van der Waals surface area contributed by atoms with Gasteiger partial charge in [0, 0.05) is 30.1 Å². The van der Waals surface area contributed by atoms with Crippen molar-refractivity contribution in [1.29, 1.82) is 0 Å². The molecule has 1 aliphatic heterocycles. The molecule has 5 amide bonds. The maximum Gasteiger partial charge on any atom is 0.318 e. The molecule has 2 heterocycles. The number of carbonyl (C=O) groups is 4. The van der Waals surface area contributed by atoms with E-state index in [0.29, 0.717) is 40.5 Å². The molecule has 1 unspecified atom stereocenters. The van der Waals surface area contributed by atoms with E-state index in [9.17, 15) is 19.2 Å². The van der Waals surface area contributed by atoms with E-state index < -0.39 is 17.5 Å². The Morgan fingerprint density at radius 2 is 1.69 bits per heavy atom. The van der Waals surface area contributed by atoms with Crippen molar-refractivity contribution < 1.29 is 23.8 Å². The summed E-state index contributed by atoms with van der Waals surface area (Å²) < 4.78 is 4.73. The number of nitrogens with one attached hydrogen (secondary N) is 4. The minimum Gasteiger partial charge on any atom is -0.338 e. The highest BCUT2D eigenvalue weighted by molar-refractivity contribution is 6.36. The van der Waals surface area contributed by atoms with Gasteiger partial charge in [-0.2, -0.15) is 0 Å². The van der Waals surface area contributed by atoms with Gasteiger partial charge in [0.25, 0.3) is 11.8 Å². The Morgan fingerprint density at radius 3 is 2.31 bits per heavy atom. The van der Waals surface area contributed by atoms with Gasteiger partial charge in [-0.05, 0) is 103 Å². The lowest BCUT2D eigenvalue weighted by atomic mass is 9.88. The third kappa shape index (κ3) is 6.60. The van der Waals surface area contributed by atoms with Crippen LogP contribution in [0.3, 0.4) is 0 Å². The molecule has 1 saturated heterocycles. The number of nitrogens with zero attached hydrogens (tertiary/aromatic N) is 3. The summed E-state index contributed by atoms with van der Waals surface area (Å²) in [6.07, 6.45) is 4.61. The number of amides is 5. The highest BCUT2D eigenvalue weighted by Crippen LogP contribution is 2.51. The van der Waals surface area contributed by atoms with Crippen LogP contribution in [0.15, 0.2) is 41.0 Å². The third-order valence-corrected chi connectivity index (χ3v) is 11.0. The van der Waals surface area contributed by atoms with Gasteiger partial charge in [0.05, 0.1) is 16.8 Å². The molecule has 2 saturated carbocycles. The second-order valence-corrected chi connectivity index (χ2v) is 15.1. The van der Waals surface area contributed by atoms with Crippen LogP contribution < -0.4 is 21.3 Å². The fraction of sp³-hybridized carbons (Fsp3) is 0.486. The Morgan fingerprint density at radius 1 is 0.980 bits per heavy atom. The number of benzene rings is 2. The molecular formula is C35H39Cl2N7O5. The number of hydrogen-bond acceptors (Lipinski definition) is 7. The van der Waals surface area contributed by atoms with E-state index in [1.807, 2.05) is 26.0 Å². The molecule has 3 fully saturated rings. The average molecular weight is 709 g/mol. The fourth-order valence-corrected chi connectivity index (χ4v) is 7.90. The first-order valence-electron chi connectivity index (χ1n) is 16.8. The van der Waals surface area contributed by atoms with Crippen LogP contribution in [-0.2, 0) is 22.4 Å². The lowest BCUT2D eigenvalue weighted by Gasteiger charge is -2.36. The highest BCUT2D eigenvalue weighted by atomic mass is 35.5. The van der Waals surface area contributed by atoms with Gasteiger partial charge in [-0.25, -0.2) is 9.42 Å². The van der Waals surface area contributed by atoms with Crippen LogP contribution in [0.1, 0.15) is 66.8 Å². The summed E-state index contributed by atoms with van der Waals surface area (Å²) in [5.74, 6) is -0.265. The molecule has 0 radical (unpaired) electrons. The summed E-state index contributed by atoms with van der Waals surface area (Å²) >= 11 is 12.5. The van der Waals surface area contributed by atoms with Gasteiger partial charge in [0.15, 0.2) is 5.69 Å². The summed E-state index contributed by atoms with van der Waals surface area (Å²) in [5.41, 5.74) is 1.82. The summed E-state index contributed by atoms with van der Waals surface area (Å²) in [4.78, 5) is 56.6. The molecule has 0 bridgehead atoms. The molecule has 3 aliphatic carbocycles. The van der Waals surface area contributed by atoms with Crippen LogP contribution in [0.4, 0.5) is 16.2 Å². The maximum absolute atomic E-state index is 14.3. The molecule has 1 aromatic heterocycles. The predicted molar refractivity (Wildman–Crippen MR) is 183 cm³/mol. The fourth-order valence-electron chi connectivity index (χ4n) is 7.44. The topological polar surface area (TPSA) is 159 Å². The van der Waals surface area contributed by atoms with Crippen LogP contribution in [-0.4, -0.2) is 63.1 Å². The van der Waals surface area contributed by atoms with Crippen molar-refractivity contribution in [2.75, 3.05) is 17.2 Å². The van der Waals surface area contributed by atoms with Gasteiger partial charge in [-0.15, -0.1) is 0 Å². The average Bonchev–Trinajstić information content (AvgIpc) is 3.96. The lowest BCUT2D eigenvalue weighted by molar-refractivity contribution is -0.125.